The number of amides is 1. The molecule has 140 valence electrons. The van der Waals surface area contributed by atoms with Gasteiger partial charge in [-0.25, -0.2) is 28.1 Å². The summed E-state index contributed by atoms with van der Waals surface area (Å²) < 4.78 is 29.0. The van der Waals surface area contributed by atoms with Gasteiger partial charge in [-0.3, -0.25) is 9.36 Å². The maximum absolute atomic E-state index is 13.3. The first kappa shape index (κ1) is 17.5. The zero-order valence-corrected chi connectivity index (χ0v) is 14.6. The molecule has 1 amide bonds. The molecule has 2 aromatic heterocycles. The minimum atomic E-state index is -0.845. The van der Waals surface area contributed by atoms with Crippen LogP contribution >= 0.6 is 0 Å². The molecule has 4 rings (SSSR count). The number of primary amides is 1. The molecular weight excluding hydrogens is 368 g/mol. The van der Waals surface area contributed by atoms with Crippen LogP contribution in [0.15, 0.2) is 53.3 Å². The van der Waals surface area contributed by atoms with Crippen LogP contribution in [0.5, 0.6) is 0 Å². The van der Waals surface area contributed by atoms with Gasteiger partial charge in [0.15, 0.2) is 17.2 Å². The molecule has 0 atom stereocenters. The van der Waals surface area contributed by atoms with Gasteiger partial charge in [-0.1, -0.05) is 0 Å². The average molecular weight is 381 g/mol. The summed E-state index contributed by atoms with van der Waals surface area (Å²) in [4.78, 5) is 33.4. The van der Waals surface area contributed by atoms with Crippen molar-refractivity contribution in [2.24, 2.45) is 12.8 Å². The highest BCUT2D eigenvalue weighted by molar-refractivity contribution is 6.02. The molecule has 28 heavy (non-hydrogen) atoms. The van der Waals surface area contributed by atoms with Gasteiger partial charge in [0.25, 0.3) is 5.91 Å². The van der Waals surface area contributed by atoms with Gasteiger partial charge in [-0.15, -0.1) is 0 Å². The first-order valence-electron chi connectivity index (χ1n) is 8.18. The minimum Gasteiger partial charge on any atom is -0.364 e. The van der Waals surface area contributed by atoms with E-state index < -0.39 is 23.2 Å². The molecule has 0 unspecified atom stereocenters. The number of imidazole rings is 1. The number of nitrogens with two attached hydrogens (primary N) is 1. The zero-order valence-electron chi connectivity index (χ0n) is 14.6. The van der Waals surface area contributed by atoms with Gasteiger partial charge in [-0.2, -0.15) is 0 Å². The minimum absolute atomic E-state index is 0.0998. The standard InChI is InChI=1S/C19H13F2N5O2/c1-25-15-14(16(22)27)23-17(10-2-4-11(20)5-3-10)24-18(15)26(19(25)28)13-8-6-12(21)7-9-13/h2-9H,1H3,(H2,22,27). The Bertz CT molecular complexity index is 1280. The van der Waals surface area contributed by atoms with Crippen molar-refractivity contribution in [3.63, 3.8) is 0 Å². The van der Waals surface area contributed by atoms with Crippen molar-refractivity contribution in [1.29, 1.82) is 0 Å². The van der Waals surface area contributed by atoms with Crippen molar-refractivity contribution in [2.75, 3.05) is 0 Å². The van der Waals surface area contributed by atoms with Crippen molar-refractivity contribution in [2.45, 2.75) is 0 Å². The molecule has 0 aliphatic heterocycles. The molecule has 7 nitrogen and oxygen atoms in total. The van der Waals surface area contributed by atoms with Gasteiger partial charge in [0, 0.05) is 12.6 Å². The molecule has 0 aliphatic carbocycles. The van der Waals surface area contributed by atoms with Crippen LogP contribution in [-0.2, 0) is 7.05 Å². The number of rotatable bonds is 3. The lowest BCUT2D eigenvalue weighted by molar-refractivity contribution is 0.0997. The second-order valence-electron chi connectivity index (χ2n) is 6.09. The molecule has 9 heteroatoms. The third-order valence-electron chi connectivity index (χ3n) is 4.31. The molecule has 4 aromatic rings. The van der Waals surface area contributed by atoms with E-state index in [0.717, 1.165) is 0 Å². The number of nitrogens with zero attached hydrogens (tertiary/aromatic N) is 4. The summed E-state index contributed by atoms with van der Waals surface area (Å²) in [6, 6.07) is 10.6. The predicted molar refractivity (Wildman–Crippen MR) is 98.0 cm³/mol. The van der Waals surface area contributed by atoms with Gasteiger partial charge in [0.05, 0.1) is 5.69 Å². The van der Waals surface area contributed by atoms with Gasteiger partial charge < -0.3 is 5.73 Å². The Kier molecular flexibility index (Phi) is 3.99. The van der Waals surface area contributed by atoms with Crippen molar-refractivity contribution >= 4 is 17.1 Å². The van der Waals surface area contributed by atoms with Gasteiger partial charge in [0.2, 0.25) is 0 Å². The fourth-order valence-electron chi connectivity index (χ4n) is 2.97. The van der Waals surface area contributed by atoms with Crippen LogP contribution in [0, 0.1) is 11.6 Å². The Morgan fingerprint density at radius 1 is 0.964 bits per heavy atom. The molecular formula is C19H13F2N5O2. The lowest BCUT2D eigenvalue weighted by atomic mass is 10.2. The van der Waals surface area contributed by atoms with Crippen LogP contribution in [0.3, 0.4) is 0 Å². The Morgan fingerprint density at radius 3 is 2.11 bits per heavy atom. The molecule has 0 fully saturated rings. The Morgan fingerprint density at radius 2 is 1.54 bits per heavy atom. The van der Waals surface area contributed by atoms with E-state index in [-0.39, 0.29) is 22.7 Å². The number of hydrogen-bond acceptors (Lipinski definition) is 4. The molecule has 0 bridgehead atoms. The lowest BCUT2D eigenvalue weighted by Gasteiger charge is -2.07. The van der Waals surface area contributed by atoms with Crippen LogP contribution < -0.4 is 11.4 Å². The topological polar surface area (TPSA) is 95.8 Å². The maximum Gasteiger partial charge on any atom is 0.334 e. The molecule has 0 radical (unpaired) electrons. The molecule has 0 saturated heterocycles. The highest BCUT2D eigenvalue weighted by Gasteiger charge is 2.22. The Balaban J connectivity index is 2.09. The lowest BCUT2D eigenvalue weighted by Crippen LogP contribution is -2.21. The summed E-state index contributed by atoms with van der Waals surface area (Å²) in [6.45, 7) is 0. The smallest absolute Gasteiger partial charge is 0.334 e. The van der Waals surface area contributed by atoms with E-state index in [1.807, 2.05) is 0 Å². The summed E-state index contributed by atoms with van der Waals surface area (Å²) in [5, 5.41) is 0. The molecule has 0 spiro atoms. The number of hydrogen-bond donors (Lipinski definition) is 1. The van der Waals surface area contributed by atoms with E-state index in [1.54, 1.807) is 0 Å². The van der Waals surface area contributed by atoms with Crippen molar-refractivity contribution in [1.82, 2.24) is 19.1 Å². The van der Waals surface area contributed by atoms with E-state index in [0.29, 0.717) is 11.3 Å². The number of aromatic nitrogens is 4. The first-order valence-corrected chi connectivity index (χ1v) is 8.18. The number of carbonyl (C=O) groups is 1. The van der Waals surface area contributed by atoms with Gasteiger partial charge >= 0.3 is 5.69 Å². The zero-order chi connectivity index (χ0) is 20.0. The van der Waals surface area contributed by atoms with E-state index in [9.17, 15) is 18.4 Å². The van der Waals surface area contributed by atoms with Crippen molar-refractivity contribution in [3.05, 3.63) is 76.3 Å². The van der Waals surface area contributed by atoms with Crippen LogP contribution in [0.25, 0.3) is 28.2 Å². The summed E-state index contributed by atoms with van der Waals surface area (Å²) in [7, 11) is 1.46. The normalized spacial score (nSPS) is 11.1. The third-order valence-corrected chi connectivity index (χ3v) is 4.31. The molecule has 2 aromatic carbocycles. The van der Waals surface area contributed by atoms with Crippen LogP contribution in [-0.4, -0.2) is 25.0 Å². The van der Waals surface area contributed by atoms with E-state index in [1.165, 1.54) is 64.7 Å². The summed E-state index contributed by atoms with van der Waals surface area (Å²) in [5.74, 6) is -1.65. The van der Waals surface area contributed by atoms with Crippen LogP contribution in [0.2, 0.25) is 0 Å². The number of halogens is 2. The van der Waals surface area contributed by atoms with Crippen LogP contribution in [0.1, 0.15) is 10.5 Å². The second-order valence-corrected chi connectivity index (χ2v) is 6.09. The predicted octanol–water partition coefficient (Wildman–Crippen LogP) is 2.16. The first-order chi connectivity index (χ1) is 13.4. The average Bonchev–Trinajstić information content (AvgIpc) is 2.93. The number of benzene rings is 2. The van der Waals surface area contributed by atoms with Crippen molar-refractivity contribution in [3.8, 4) is 17.1 Å². The largest absolute Gasteiger partial charge is 0.364 e. The molecule has 2 N–H and O–H groups in total. The summed E-state index contributed by atoms with van der Waals surface area (Å²) >= 11 is 0. The Labute approximate surface area is 156 Å². The van der Waals surface area contributed by atoms with E-state index in [2.05, 4.69) is 9.97 Å². The van der Waals surface area contributed by atoms with E-state index in [4.69, 9.17) is 5.73 Å². The third kappa shape index (κ3) is 2.73. The fraction of sp³-hybridized carbons (Fsp3) is 0.0526. The number of fused-ring (bicyclic) bond motifs is 1. The number of carbonyl (C=O) groups excluding carboxylic acids is 1. The SMILES string of the molecule is Cn1c(=O)n(-c2ccc(F)cc2)c2nc(-c3ccc(F)cc3)nc(C(N)=O)c21. The van der Waals surface area contributed by atoms with Crippen LogP contribution in [0.4, 0.5) is 8.78 Å². The fourth-order valence-corrected chi connectivity index (χ4v) is 2.97. The molecule has 2 heterocycles. The Hall–Kier alpha value is -3.88. The van der Waals surface area contributed by atoms with Gasteiger partial charge in [0.1, 0.15) is 17.2 Å². The monoisotopic (exact) mass is 381 g/mol. The molecule has 0 saturated carbocycles. The van der Waals surface area contributed by atoms with E-state index >= 15 is 0 Å². The summed E-state index contributed by atoms with van der Waals surface area (Å²) in [5.41, 5.74) is 5.89. The summed E-state index contributed by atoms with van der Waals surface area (Å²) in [6.07, 6.45) is 0. The highest BCUT2D eigenvalue weighted by atomic mass is 19.1. The van der Waals surface area contributed by atoms with Gasteiger partial charge in [-0.05, 0) is 48.5 Å². The van der Waals surface area contributed by atoms with Crippen molar-refractivity contribution < 1.29 is 13.6 Å². The highest BCUT2D eigenvalue weighted by Crippen LogP contribution is 2.23. The molecule has 0 aliphatic rings. The quantitative estimate of drug-likeness (QED) is 0.588. The number of aryl methyl sites for hydroxylation is 1. The maximum atomic E-state index is 13.3. The second kappa shape index (κ2) is 6.38.